The summed E-state index contributed by atoms with van der Waals surface area (Å²) in [7, 11) is 0. The van der Waals surface area contributed by atoms with Gasteiger partial charge in [0, 0.05) is 36.6 Å². The molecule has 0 bridgehead atoms. The first kappa shape index (κ1) is 23.0. The van der Waals surface area contributed by atoms with E-state index in [1.807, 2.05) is 43.5 Å². The molecule has 3 aromatic rings. The van der Waals surface area contributed by atoms with Crippen LogP contribution in [0.5, 0.6) is 0 Å². The number of hydrogen-bond acceptors (Lipinski definition) is 8. The van der Waals surface area contributed by atoms with E-state index in [1.54, 1.807) is 4.90 Å². The van der Waals surface area contributed by atoms with E-state index in [1.165, 1.54) is 12.4 Å². The van der Waals surface area contributed by atoms with Crippen molar-refractivity contribution in [3.05, 3.63) is 52.8 Å². The van der Waals surface area contributed by atoms with Gasteiger partial charge < -0.3 is 14.5 Å². The Morgan fingerprint density at radius 2 is 1.83 bits per heavy atom. The predicted molar refractivity (Wildman–Crippen MR) is 131 cm³/mol. The Labute approximate surface area is 212 Å². The Morgan fingerprint density at radius 3 is 2.53 bits per heavy atom. The molecule has 1 amide bonds. The van der Waals surface area contributed by atoms with Gasteiger partial charge in [0.05, 0.1) is 36.8 Å². The standard InChI is InChI=1S/C24H26ClFN8O2/c1-14(2)36-23(35)33-9-16-6-17(25)4-5-19(16)34-20(15(33)3)29-30-22(34)32-12-24(13-32)10-31(11-24)21-27-7-18(26)8-28-21/h4-8,14-15H,9-13H2,1-3H3. The lowest BCUT2D eigenvalue weighted by Gasteiger charge is -2.60. The smallest absolute Gasteiger partial charge is 0.410 e. The summed E-state index contributed by atoms with van der Waals surface area (Å²) < 4.78 is 20.7. The number of ether oxygens (including phenoxy) is 1. The second-order valence-corrected chi connectivity index (χ2v) is 10.6. The number of fused-ring (bicyclic) bond motifs is 3. The van der Waals surface area contributed by atoms with Crippen molar-refractivity contribution >= 4 is 29.6 Å². The number of aromatic nitrogens is 5. The molecular weight excluding hydrogens is 487 g/mol. The number of carbonyl (C=O) groups excluding carboxylic acids is 1. The highest BCUT2D eigenvalue weighted by Gasteiger charge is 2.54. The van der Waals surface area contributed by atoms with E-state index in [0.29, 0.717) is 23.3 Å². The van der Waals surface area contributed by atoms with Crippen molar-refractivity contribution in [2.45, 2.75) is 39.5 Å². The zero-order valence-corrected chi connectivity index (χ0v) is 21.0. The molecule has 188 valence electrons. The fraction of sp³-hybridized carbons (Fsp3) is 0.458. The van der Waals surface area contributed by atoms with E-state index in [4.69, 9.17) is 16.3 Å². The van der Waals surface area contributed by atoms with Crippen LogP contribution < -0.4 is 9.80 Å². The highest BCUT2D eigenvalue weighted by atomic mass is 35.5. The molecule has 6 rings (SSSR count). The Balaban J connectivity index is 1.27. The van der Waals surface area contributed by atoms with Crippen molar-refractivity contribution in [3.8, 4) is 5.69 Å². The zero-order valence-electron chi connectivity index (χ0n) is 20.2. The summed E-state index contributed by atoms with van der Waals surface area (Å²) in [6.45, 7) is 9.15. The van der Waals surface area contributed by atoms with Gasteiger partial charge in [-0.3, -0.25) is 9.47 Å². The largest absolute Gasteiger partial charge is 0.447 e. The van der Waals surface area contributed by atoms with Gasteiger partial charge in [-0.2, -0.15) is 0 Å². The van der Waals surface area contributed by atoms with Crippen molar-refractivity contribution in [3.63, 3.8) is 0 Å². The summed E-state index contributed by atoms with van der Waals surface area (Å²) in [4.78, 5) is 27.0. The van der Waals surface area contributed by atoms with Crippen LogP contribution >= 0.6 is 11.6 Å². The number of hydrogen-bond donors (Lipinski definition) is 0. The van der Waals surface area contributed by atoms with Gasteiger partial charge in [-0.25, -0.2) is 19.2 Å². The summed E-state index contributed by atoms with van der Waals surface area (Å²) in [5.41, 5.74) is 1.90. The van der Waals surface area contributed by atoms with Crippen LogP contribution in [0, 0.1) is 11.2 Å². The number of anilines is 2. The van der Waals surface area contributed by atoms with E-state index in [0.717, 1.165) is 43.4 Å². The first-order valence-electron chi connectivity index (χ1n) is 11.9. The van der Waals surface area contributed by atoms with Gasteiger partial charge in [-0.15, -0.1) is 10.2 Å². The van der Waals surface area contributed by atoms with Crippen molar-refractivity contribution in [1.82, 2.24) is 29.6 Å². The molecule has 2 saturated heterocycles. The number of carbonyl (C=O) groups is 1. The predicted octanol–water partition coefficient (Wildman–Crippen LogP) is 3.60. The van der Waals surface area contributed by atoms with Crippen LogP contribution in [0.3, 0.4) is 0 Å². The van der Waals surface area contributed by atoms with Crippen molar-refractivity contribution < 1.29 is 13.9 Å². The maximum absolute atomic E-state index is 13.2. The lowest BCUT2D eigenvalue weighted by Crippen LogP contribution is -2.73. The second kappa shape index (κ2) is 8.29. The van der Waals surface area contributed by atoms with E-state index in [2.05, 4.69) is 30.0 Å². The van der Waals surface area contributed by atoms with E-state index < -0.39 is 11.9 Å². The Morgan fingerprint density at radius 1 is 1.14 bits per heavy atom. The lowest BCUT2D eigenvalue weighted by atomic mass is 9.73. The summed E-state index contributed by atoms with van der Waals surface area (Å²) in [5.74, 6) is 1.51. The quantitative estimate of drug-likeness (QED) is 0.525. The van der Waals surface area contributed by atoms with Crippen LogP contribution in [0.25, 0.3) is 5.69 Å². The van der Waals surface area contributed by atoms with Crippen LogP contribution in [0.2, 0.25) is 5.02 Å². The van der Waals surface area contributed by atoms with Gasteiger partial charge in [-0.1, -0.05) is 11.6 Å². The molecule has 2 fully saturated rings. The molecule has 0 saturated carbocycles. The maximum Gasteiger partial charge on any atom is 0.410 e. The second-order valence-electron chi connectivity index (χ2n) is 10.1. The minimum absolute atomic E-state index is 0.108. The van der Waals surface area contributed by atoms with Crippen LogP contribution in [0.15, 0.2) is 30.6 Å². The van der Waals surface area contributed by atoms with Crippen LogP contribution in [-0.2, 0) is 11.3 Å². The first-order chi connectivity index (χ1) is 17.2. The monoisotopic (exact) mass is 512 g/mol. The number of rotatable bonds is 3. The molecule has 1 aromatic carbocycles. The van der Waals surface area contributed by atoms with E-state index in [-0.39, 0.29) is 17.6 Å². The number of amides is 1. The van der Waals surface area contributed by atoms with Gasteiger partial charge in [0.2, 0.25) is 11.9 Å². The highest BCUT2D eigenvalue weighted by molar-refractivity contribution is 6.30. The Hall–Kier alpha value is -3.47. The number of benzene rings is 1. The zero-order chi connectivity index (χ0) is 25.2. The SMILES string of the molecule is CC(C)OC(=O)N1Cc2cc(Cl)ccc2-n2c(nnc2N2CC3(CN(c4ncc(F)cn4)C3)C2)C1C. The molecule has 12 heteroatoms. The third-order valence-corrected chi connectivity index (χ3v) is 7.22. The fourth-order valence-electron chi connectivity index (χ4n) is 5.32. The number of halogens is 2. The molecule has 3 aliphatic rings. The minimum Gasteiger partial charge on any atom is -0.447 e. The third kappa shape index (κ3) is 3.73. The van der Waals surface area contributed by atoms with Crippen molar-refractivity contribution in [1.29, 1.82) is 0 Å². The summed E-state index contributed by atoms with van der Waals surface area (Å²) >= 11 is 6.34. The van der Waals surface area contributed by atoms with Gasteiger partial charge >= 0.3 is 6.09 Å². The minimum atomic E-state index is -0.442. The molecule has 0 N–H and O–H groups in total. The summed E-state index contributed by atoms with van der Waals surface area (Å²) in [5, 5.41) is 9.66. The lowest BCUT2D eigenvalue weighted by molar-refractivity contribution is 0.0618. The van der Waals surface area contributed by atoms with E-state index >= 15 is 0 Å². The highest BCUT2D eigenvalue weighted by Crippen LogP contribution is 2.44. The molecule has 10 nitrogen and oxygen atoms in total. The Kier molecular flexibility index (Phi) is 5.29. The molecule has 36 heavy (non-hydrogen) atoms. The van der Waals surface area contributed by atoms with Crippen LogP contribution in [0.4, 0.5) is 21.1 Å². The average Bonchev–Trinajstić information content (AvgIpc) is 3.15. The third-order valence-electron chi connectivity index (χ3n) is 6.98. The van der Waals surface area contributed by atoms with Gasteiger partial charge in [-0.05, 0) is 44.5 Å². The topological polar surface area (TPSA) is 92.5 Å². The van der Waals surface area contributed by atoms with Gasteiger partial charge in [0.25, 0.3) is 0 Å². The van der Waals surface area contributed by atoms with Crippen molar-refractivity contribution in [2.24, 2.45) is 5.41 Å². The average molecular weight is 513 g/mol. The molecule has 0 radical (unpaired) electrons. The number of nitrogens with zero attached hydrogens (tertiary/aromatic N) is 8. The molecule has 1 spiro atoms. The molecule has 0 aliphatic carbocycles. The summed E-state index contributed by atoms with van der Waals surface area (Å²) in [6, 6.07) is 5.31. The van der Waals surface area contributed by atoms with Gasteiger partial charge in [0.1, 0.15) is 0 Å². The Bertz CT molecular complexity index is 1320. The van der Waals surface area contributed by atoms with Crippen LogP contribution in [-0.4, -0.2) is 68.0 Å². The van der Waals surface area contributed by atoms with Crippen molar-refractivity contribution in [2.75, 3.05) is 36.0 Å². The first-order valence-corrected chi connectivity index (χ1v) is 12.3. The van der Waals surface area contributed by atoms with E-state index in [9.17, 15) is 9.18 Å². The molecule has 1 unspecified atom stereocenters. The molecule has 1 atom stereocenters. The molecule has 2 aromatic heterocycles. The maximum atomic E-state index is 13.2. The molecule has 3 aliphatic heterocycles. The molecular formula is C24H26ClFN8O2. The normalized spacial score (nSPS) is 19.9. The summed E-state index contributed by atoms with van der Waals surface area (Å²) in [6.07, 6.45) is 1.75. The van der Waals surface area contributed by atoms with Gasteiger partial charge in [0.15, 0.2) is 11.6 Å². The fourth-order valence-corrected chi connectivity index (χ4v) is 5.52. The molecule has 5 heterocycles. The van der Waals surface area contributed by atoms with Crippen LogP contribution in [0.1, 0.15) is 38.2 Å².